The monoisotopic (exact) mass is 510 g/mol. The van der Waals surface area contributed by atoms with Gasteiger partial charge >= 0.3 is 0 Å². The van der Waals surface area contributed by atoms with Gasteiger partial charge in [-0.2, -0.15) is 0 Å². The Bertz CT molecular complexity index is 1290. The molecule has 2 aromatic rings. The predicted octanol–water partition coefficient (Wildman–Crippen LogP) is 4.87. The third-order valence-electron chi connectivity index (χ3n) is 6.88. The van der Waals surface area contributed by atoms with Gasteiger partial charge in [0.25, 0.3) is 5.91 Å². The first kappa shape index (κ1) is 24.4. The molecule has 0 saturated heterocycles. The minimum absolute atomic E-state index is 0.00595. The second-order valence-corrected chi connectivity index (χ2v) is 11.3. The minimum Gasteiger partial charge on any atom is -0.389 e. The van der Waals surface area contributed by atoms with Crippen LogP contribution in [0.15, 0.2) is 46.4 Å². The summed E-state index contributed by atoms with van der Waals surface area (Å²) in [6.07, 6.45) is 1.60. The Hall–Kier alpha value is -2.72. The van der Waals surface area contributed by atoms with Crippen LogP contribution in [0.25, 0.3) is 10.4 Å². The van der Waals surface area contributed by atoms with E-state index in [4.69, 9.17) is 17.1 Å². The van der Waals surface area contributed by atoms with Crippen LogP contribution >= 0.6 is 11.6 Å². The molecule has 0 aliphatic heterocycles. The van der Waals surface area contributed by atoms with Crippen molar-refractivity contribution in [3.05, 3.63) is 69.1 Å². The number of nitrogens with zero attached hydrogens (tertiary/aromatic N) is 3. The van der Waals surface area contributed by atoms with Crippen LogP contribution in [-0.4, -0.2) is 36.8 Å². The highest BCUT2D eigenvalue weighted by Crippen LogP contribution is 2.52. The fraction of sp³-hybridized carbons (Fsp3) is 0.409. The summed E-state index contributed by atoms with van der Waals surface area (Å²) in [6.45, 7) is -0.105. The fourth-order valence-corrected chi connectivity index (χ4v) is 7.49. The number of amides is 1. The third-order valence-corrected chi connectivity index (χ3v) is 9.53. The van der Waals surface area contributed by atoms with E-state index in [0.717, 1.165) is 18.2 Å². The number of hydrogen-bond acceptors (Lipinski definition) is 5. The van der Waals surface area contributed by atoms with Gasteiger partial charge in [-0.15, -0.1) is 0 Å². The third kappa shape index (κ3) is 4.36. The second-order valence-electron chi connectivity index (χ2n) is 8.72. The Morgan fingerprint density at radius 3 is 2.47 bits per heavy atom. The van der Waals surface area contributed by atoms with Crippen LogP contribution in [0.5, 0.6) is 0 Å². The Morgan fingerprint density at radius 1 is 1.18 bits per heavy atom. The lowest BCUT2D eigenvalue weighted by Gasteiger charge is -2.41. The van der Waals surface area contributed by atoms with E-state index in [2.05, 4.69) is 15.3 Å². The van der Waals surface area contributed by atoms with Crippen molar-refractivity contribution in [2.24, 2.45) is 17.0 Å². The Morgan fingerprint density at radius 2 is 1.85 bits per heavy atom. The number of aliphatic hydroxyl groups is 1. The lowest BCUT2D eigenvalue weighted by Crippen LogP contribution is -2.50. The second kappa shape index (κ2) is 9.14. The number of carbonyl (C=O) groups is 1. The first-order chi connectivity index (χ1) is 16.1. The van der Waals surface area contributed by atoms with Crippen LogP contribution in [0.1, 0.15) is 36.0 Å². The van der Waals surface area contributed by atoms with Gasteiger partial charge in [-0.3, -0.25) is 4.79 Å². The zero-order chi connectivity index (χ0) is 24.7. The Kier molecular flexibility index (Phi) is 6.56. The fourth-order valence-electron chi connectivity index (χ4n) is 5.09. The van der Waals surface area contributed by atoms with Crippen molar-refractivity contribution in [1.29, 1.82) is 0 Å². The molecule has 0 heterocycles. The summed E-state index contributed by atoms with van der Waals surface area (Å²) in [5, 5.41) is 16.1. The molecule has 4 rings (SSSR count). The molecular formula is C22H21ClF2N4O4S. The van der Waals surface area contributed by atoms with Crippen molar-refractivity contribution >= 4 is 33.0 Å². The molecule has 2 aromatic carbocycles. The van der Waals surface area contributed by atoms with Crippen molar-refractivity contribution in [1.82, 2.24) is 0 Å². The molecule has 3 unspecified atom stereocenters. The van der Waals surface area contributed by atoms with Gasteiger partial charge in [0.15, 0.2) is 21.5 Å². The van der Waals surface area contributed by atoms with Crippen molar-refractivity contribution in [2.45, 2.75) is 41.4 Å². The van der Waals surface area contributed by atoms with E-state index in [9.17, 15) is 27.1 Å². The molecular weight excluding hydrogens is 490 g/mol. The molecule has 0 spiro atoms. The predicted molar refractivity (Wildman–Crippen MR) is 121 cm³/mol. The summed E-state index contributed by atoms with van der Waals surface area (Å²) in [7, 11) is -3.97. The molecule has 4 atom stereocenters. The maximum Gasteiger partial charge on any atom is 0.255 e. The molecule has 180 valence electrons. The number of carbonyl (C=O) groups excluding carboxylic acids is 1. The van der Waals surface area contributed by atoms with E-state index in [1.54, 1.807) is 0 Å². The molecule has 8 nitrogen and oxygen atoms in total. The number of sulfone groups is 1. The van der Waals surface area contributed by atoms with E-state index >= 15 is 0 Å². The first-order valence-electron chi connectivity index (χ1n) is 10.6. The van der Waals surface area contributed by atoms with Crippen LogP contribution in [0, 0.1) is 23.5 Å². The van der Waals surface area contributed by atoms with E-state index in [1.807, 2.05) is 0 Å². The molecule has 2 saturated carbocycles. The average molecular weight is 511 g/mol. The molecule has 34 heavy (non-hydrogen) atoms. The van der Waals surface area contributed by atoms with Crippen molar-refractivity contribution in [3.63, 3.8) is 0 Å². The Balaban J connectivity index is 1.58. The summed E-state index contributed by atoms with van der Waals surface area (Å²) in [5.41, 5.74) is 7.38. The highest BCUT2D eigenvalue weighted by Gasteiger charge is 2.55. The van der Waals surface area contributed by atoms with Gasteiger partial charge in [0.2, 0.25) is 0 Å². The number of halogens is 3. The molecule has 1 amide bonds. The minimum atomic E-state index is -3.97. The molecule has 0 radical (unpaired) electrons. The van der Waals surface area contributed by atoms with Crippen LogP contribution in [0.3, 0.4) is 0 Å². The number of benzene rings is 2. The van der Waals surface area contributed by atoms with Gasteiger partial charge in [-0.25, -0.2) is 17.2 Å². The van der Waals surface area contributed by atoms with Crippen molar-refractivity contribution < 1.29 is 27.1 Å². The quantitative estimate of drug-likeness (QED) is 0.325. The van der Waals surface area contributed by atoms with E-state index in [1.165, 1.54) is 18.2 Å². The highest BCUT2D eigenvalue weighted by molar-refractivity contribution is 7.92. The van der Waals surface area contributed by atoms with E-state index in [0.29, 0.717) is 12.8 Å². The normalized spacial score (nSPS) is 26.1. The summed E-state index contributed by atoms with van der Waals surface area (Å²) < 4.78 is 53.6. The highest BCUT2D eigenvalue weighted by atomic mass is 35.5. The number of fused-ring (bicyclic) bond motifs is 2. The first-order valence-corrected chi connectivity index (χ1v) is 12.5. The number of anilines is 1. The van der Waals surface area contributed by atoms with Crippen molar-refractivity contribution in [3.8, 4) is 0 Å². The van der Waals surface area contributed by atoms with Crippen LogP contribution in [-0.2, 0) is 9.84 Å². The number of hydrogen-bond donors (Lipinski definition) is 2. The lowest BCUT2D eigenvalue weighted by atomic mass is 9.74. The maximum atomic E-state index is 13.5. The average Bonchev–Trinajstić information content (AvgIpc) is 2.96. The van der Waals surface area contributed by atoms with Crippen LogP contribution < -0.4 is 5.32 Å². The van der Waals surface area contributed by atoms with E-state index in [-0.39, 0.29) is 52.4 Å². The lowest BCUT2D eigenvalue weighted by molar-refractivity contribution is -0.0496. The van der Waals surface area contributed by atoms with Crippen molar-refractivity contribution in [2.75, 3.05) is 11.9 Å². The van der Waals surface area contributed by atoms with Crippen LogP contribution in [0.4, 0.5) is 14.5 Å². The molecule has 2 aliphatic carbocycles. The summed E-state index contributed by atoms with van der Waals surface area (Å²) in [4.78, 5) is 15.1. The molecule has 12 heteroatoms. The number of azide groups is 1. The van der Waals surface area contributed by atoms with Crippen LogP contribution in [0.2, 0.25) is 5.02 Å². The summed E-state index contributed by atoms with van der Waals surface area (Å²) in [5.74, 6) is -3.59. The summed E-state index contributed by atoms with van der Waals surface area (Å²) >= 11 is 6.21. The van der Waals surface area contributed by atoms with E-state index < -0.39 is 38.2 Å². The summed E-state index contributed by atoms with van der Waals surface area (Å²) in [6, 6.07) is 6.65. The van der Waals surface area contributed by atoms with Gasteiger partial charge in [0.1, 0.15) is 0 Å². The SMILES string of the molecule is [N-]=[N+]=NCC1(O)C2CC[C@H]1CC(S(=O)(=O)c1cc(C(=O)Nc3ccc(F)c(F)c3)ccc1Cl)C2. The van der Waals surface area contributed by atoms with Gasteiger partial charge in [0, 0.05) is 22.2 Å². The molecule has 2 N–H and O–H groups in total. The molecule has 2 fully saturated rings. The van der Waals surface area contributed by atoms with Gasteiger partial charge in [0.05, 0.1) is 27.3 Å². The number of nitrogens with one attached hydrogen (secondary N) is 1. The molecule has 0 aromatic heterocycles. The Labute approximate surface area is 199 Å². The van der Waals surface area contributed by atoms with Gasteiger partial charge in [-0.1, -0.05) is 16.7 Å². The van der Waals surface area contributed by atoms with Gasteiger partial charge in [-0.05, 0) is 73.4 Å². The maximum absolute atomic E-state index is 13.5. The number of rotatable bonds is 6. The zero-order valence-electron chi connectivity index (χ0n) is 17.8. The largest absolute Gasteiger partial charge is 0.389 e. The smallest absolute Gasteiger partial charge is 0.255 e. The standard InChI is InChI=1S/C22H21ClF2N4O4S/c23-17-5-1-12(21(30)28-15-4-6-18(24)19(25)10-15)7-20(17)34(32,33)16-8-13-2-3-14(9-16)22(13,31)11-27-29-26/h1,4-7,10,13-14,16,31H,2-3,8-9,11H2,(H,28,30)/t13-,14?,16?,22?/m0/s1. The van der Waals surface area contributed by atoms with Gasteiger partial charge < -0.3 is 10.4 Å². The zero-order valence-corrected chi connectivity index (χ0v) is 19.4. The molecule has 2 bridgehead atoms. The topological polar surface area (TPSA) is 132 Å². The molecule has 2 aliphatic rings.